The summed E-state index contributed by atoms with van der Waals surface area (Å²) < 4.78 is 5.21. The van der Waals surface area contributed by atoms with Crippen LogP contribution < -0.4 is 0 Å². The van der Waals surface area contributed by atoms with Gasteiger partial charge in [-0.25, -0.2) is 4.79 Å². The highest BCUT2D eigenvalue weighted by Crippen LogP contribution is 2.26. The lowest BCUT2D eigenvalue weighted by atomic mass is 9.87. The monoisotopic (exact) mass is 308 g/mol. The fourth-order valence-corrected chi connectivity index (χ4v) is 2.77. The second-order valence-corrected chi connectivity index (χ2v) is 5.91. The van der Waals surface area contributed by atoms with Crippen LogP contribution in [-0.2, 0) is 9.53 Å². The van der Waals surface area contributed by atoms with Crippen LogP contribution in [0.1, 0.15) is 44.1 Å². The lowest BCUT2D eigenvalue weighted by Gasteiger charge is -2.20. The lowest BCUT2D eigenvalue weighted by molar-refractivity contribution is -0.138. The van der Waals surface area contributed by atoms with Crippen molar-refractivity contribution in [1.82, 2.24) is 0 Å². The first-order valence-corrected chi connectivity index (χ1v) is 7.86. The first-order valence-electron chi connectivity index (χ1n) is 7.48. The summed E-state index contributed by atoms with van der Waals surface area (Å²) in [7, 11) is 0. The van der Waals surface area contributed by atoms with Crippen LogP contribution in [0, 0.1) is 5.92 Å². The summed E-state index contributed by atoms with van der Waals surface area (Å²) in [5, 5.41) is 9.76. The molecule has 2 rings (SSSR count). The van der Waals surface area contributed by atoms with Crippen molar-refractivity contribution in [3.05, 3.63) is 34.9 Å². The molecule has 0 unspecified atom stereocenters. The number of hydrogen-bond acceptors (Lipinski definition) is 3. The van der Waals surface area contributed by atoms with Crippen molar-refractivity contribution in [2.24, 2.45) is 5.92 Å². The Morgan fingerprint density at radius 2 is 2.10 bits per heavy atom. The smallest absolute Gasteiger partial charge is 0.330 e. The molecular formula is C17H21ClO3. The third-order valence-corrected chi connectivity index (χ3v) is 4.20. The van der Waals surface area contributed by atoms with Crippen LogP contribution in [0.2, 0.25) is 5.02 Å². The average molecular weight is 309 g/mol. The molecule has 1 aromatic carbocycles. The van der Waals surface area contributed by atoms with Gasteiger partial charge in [-0.1, -0.05) is 49.8 Å². The number of benzene rings is 1. The zero-order valence-electron chi connectivity index (χ0n) is 12.1. The highest BCUT2D eigenvalue weighted by molar-refractivity contribution is 6.32. The van der Waals surface area contributed by atoms with Gasteiger partial charge in [-0.15, -0.1) is 0 Å². The van der Waals surface area contributed by atoms with Crippen LogP contribution in [0.3, 0.4) is 0 Å². The molecule has 4 heteroatoms. The Balaban J connectivity index is 1.73. The fourth-order valence-electron chi connectivity index (χ4n) is 2.65. The molecule has 0 bridgehead atoms. The number of aromatic hydroxyl groups is 1. The highest BCUT2D eigenvalue weighted by Gasteiger charge is 2.13. The number of carbonyl (C=O) groups is 1. The molecule has 0 spiro atoms. The fraction of sp³-hybridized carbons (Fsp3) is 0.471. The zero-order valence-corrected chi connectivity index (χ0v) is 12.8. The van der Waals surface area contributed by atoms with Crippen LogP contribution in [0.4, 0.5) is 0 Å². The van der Waals surface area contributed by atoms with Crippen molar-refractivity contribution in [2.45, 2.75) is 38.5 Å². The third-order valence-electron chi connectivity index (χ3n) is 3.88. The average Bonchev–Trinajstić information content (AvgIpc) is 2.49. The number of esters is 1. The topological polar surface area (TPSA) is 46.5 Å². The van der Waals surface area contributed by atoms with E-state index in [9.17, 15) is 9.90 Å². The first-order chi connectivity index (χ1) is 10.1. The number of ether oxygens (including phenoxy) is 1. The normalized spacial score (nSPS) is 16.2. The number of hydrogen-bond donors (Lipinski definition) is 1. The molecule has 0 aromatic heterocycles. The molecule has 0 radical (unpaired) electrons. The first kappa shape index (κ1) is 15.9. The lowest BCUT2D eigenvalue weighted by Crippen LogP contribution is -2.11. The standard InChI is InChI=1S/C17H21ClO3/c18-15-8-6-14(12-16(15)19)7-9-17(20)21-11-10-13-4-2-1-3-5-13/h6-9,12-13,19H,1-5,10-11H2/b9-7+. The van der Waals surface area contributed by atoms with Gasteiger partial charge >= 0.3 is 5.97 Å². The van der Waals surface area contributed by atoms with Crippen molar-refractivity contribution in [3.63, 3.8) is 0 Å². The van der Waals surface area contributed by atoms with Gasteiger partial charge in [-0.3, -0.25) is 0 Å². The summed E-state index contributed by atoms with van der Waals surface area (Å²) in [6, 6.07) is 4.83. The molecule has 0 amide bonds. The van der Waals surface area contributed by atoms with E-state index >= 15 is 0 Å². The van der Waals surface area contributed by atoms with Crippen molar-refractivity contribution < 1.29 is 14.6 Å². The summed E-state index contributed by atoms with van der Waals surface area (Å²) in [6.07, 6.45) is 10.4. The molecular weight excluding hydrogens is 288 g/mol. The Bertz CT molecular complexity index is 505. The predicted molar refractivity (Wildman–Crippen MR) is 84.3 cm³/mol. The maximum absolute atomic E-state index is 11.6. The molecule has 1 aliphatic rings. The van der Waals surface area contributed by atoms with E-state index in [0.29, 0.717) is 23.1 Å². The Morgan fingerprint density at radius 3 is 2.81 bits per heavy atom. The Labute approximate surface area is 130 Å². The van der Waals surface area contributed by atoms with Gasteiger partial charge < -0.3 is 9.84 Å². The molecule has 1 N–H and O–H groups in total. The molecule has 1 saturated carbocycles. The molecule has 1 aliphatic carbocycles. The number of phenolic OH excluding ortho intramolecular Hbond substituents is 1. The van der Waals surface area contributed by atoms with Gasteiger partial charge in [0.25, 0.3) is 0 Å². The van der Waals surface area contributed by atoms with Crippen LogP contribution in [0.25, 0.3) is 6.08 Å². The van der Waals surface area contributed by atoms with E-state index < -0.39 is 0 Å². The minimum Gasteiger partial charge on any atom is -0.506 e. The maximum atomic E-state index is 11.6. The minimum absolute atomic E-state index is 0.00415. The van der Waals surface area contributed by atoms with E-state index in [1.165, 1.54) is 44.2 Å². The Morgan fingerprint density at radius 1 is 1.33 bits per heavy atom. The van der Waals surface area contributed by atoms with Gasteiger partial charge in [-0.05, 0) is 36.1 Å². The SMILES string of the molecule is O=C(/C=C/c1ccc(Cl)c(O)c1)OCCC1CCCCC1. The summed E-state index contributed by atoms with van der Waals surface area (Å²) >= 11 is 5.72. The number of rotatable bonds is 5. The van der Waals surface area contributed by atoms with Crippen molar-refractivity contribution in [2.75, 3.05) is 6.61 Å². The van der Waals surface area contributed by atoms with Crippen molar-refractivity contribution in [1.29, 1.82) is 0 Å². The molecule has 114 valence electrons. The Hall–Kier alpha value is -1.48. The molecule has 21 heavy (non-hydrogen) atoms. The summed E-state index contributed by atoms with van der Waals surface area (Å²) in [5.41, 5.74) is 0.709. The van der Waals surface area contributed by atoms with Gasteiger partial charge in [-0.2, -0.15) is 0 Å². The molecule has 0 atom stereocenters. The Kier molecular flexibility index (Phi) is 6.12. The van der Waals surface area contributed by atoms with E-state index in [0.717, 1.165) is 6.42 Å². The molecule has 0 saturated heterocycles. The molecule has 3 nitrogen and oxygen atoms in total. The van der Waals surface area contributed by atoms with E-state index in [1.807, 2.05) is 0 Å². The van der Waals surface area contributed by atoms with E-state index in [4.69, 9.17) is 16.3 Å². The van der Waals surface area contributed by atoms with Crippen LogP contribution in [0.15, 0.2) is 24.3 Å². The molecule has 0 aliphatic heterocycles. The second kappa shape index (κ2) is 8.08. The largest absolute Gasteiger partial charge is 0.506 e. The third kappa shape index (κ3) is 5.43. The summed E-state index contributed by atoms with van der Waals surface area (Å²) in [6.45, 7) is 0.486. The molecule has 1 aromatic rings. The molecule has 1 fully saturated rings. The van der Waals surface area contributed by atoms with Crippen molar-refractivity contribution >= 4 is 23.6 Å². The van der Waals surface area contributed by atoms with Crippen LogP contribution in [0.5, 0.6) is 5.75 Å². The minimum atomic E-state index is -0.347. The van der Waals surface area contributed by atoms with Gasteiger partial charge in [0.1, 0.15) is 5.75 Å². The summed E-state index contributed by atoms with van der Waals surface area (Å²) in [5.74, 6) is 0.369. The highest BCUT2D eigenvalue weighted by atomic mass is 35.5. The van der Waals surface area contributed by atoms with Crippen LogP contribution in [-0.4, -0.2) is 17.7 Å². The van der Waals surface area contributed by atoms with Gasteiger partial charge in [0.15, 0.2) is 0 Å². The van der Waals surface area contributed by atoms with E-state index in [-0.39, 0.29) is 11.7 Å². The number of carbonyl (C=O) groups excluding carboxylic acids is 1. The van der Waals surface area contributed by atoms with Gasteiger partial charge in [0, 0.05) is 6.08 Å². The van der Waals surface area contributed by atoms with E-state index in [2.05, 4.69) is 0 Å². The van der Waals surface area contributed by atoms with Crippen LogP contribution >= 0.6 is 11.6 Å². The molecule has 0 heterocycles. The number of phenols is 1. The van der Waals surface area contributed by atoms with Gasteiger partial charge in [0.05, 0.1) is 11.6 Å². The predicted octanol–water partition coefficient (Wildman–Crippen LogP) is 4.57. The maximum Gasteiger partial charge on any atom is 0.330 e. The quantitative estimate of drug-likeness (QED) is 0.640. The van der Waals surface area contributed by atoms with Gasteiger partial charge in [0.2, 0.25) is 0 Å². The second-order valence-electron chi connectivity index (χ2n) is 5.50. The number of halogens is 1. The summed E-state index contributed by atoms with van der Waals surface area (Å²) in [4.78, 5) is 11.6. The van der Waals surface area contributed by atoms with E-state index in [1.54, 1.807) is 18.2 Å². The van der Waals surface area contributed by atoms with Crippen molar-refractivity contribution in [3.8, 4) is 5.75 Å². The zero-order chi connectivity index (χ0) is 15.1.